The van der Waals surface area contributed by atoms with Gasteiger partial charge in [0.15, 0.2) is 0 Å². The Bertz CT molecular complexity index is 404. The molecule has 1 aliphatic carbocycles. The Morgan fingerprint density at radius 1 is 1.30 bits per heavy atom. The van der Waals surface area contributed by atoms with Crippen LogP contribution in [-0.4, -0.2) is 42.8 Å². The molecule has 1 saturated heterocycles. The maximum absolute atomic E-state index is 12.0. The zero-order valence-corrected chi connectivity index (χ0v) is 15.2. The number of nitrogens with one attached hydrogen (secondary N) is 1. The van der Waals surface area contributed by atoms with Crippen molar-refractivity contribution in [3.63, 3.8) is 0 Å². The molecule has 1 aliphatic heterocycles. The minimum atomic E-state index is -0.400. The van der Waals surface area contributed by atoms with E-state index in [1.165, 1.54) is 32.1 Å². The van der Waals surface area contributed by atoms with E-state index in [1.807, 2.05) is 25.7 Å². The number of carbonyl (C=O) groups excluding carboxylic acids is 1. The zero-order chi connectivity index (χ0) is 16.7. The van der Waals surface area contributed by atoms with Crippen molar-refractivity contribution in [2.45, 2.75) is 71.3 Å². The second-order valence-electron chi connectivity index (χ2n) is 7.97. The molecule has 0 aromatic carbocycles. The summed E-state index contributed by atoms with van der Waals surface area (Å²) < 4.78 is 5.44. The standard InChI is InChI=1S/C19H34N2O2/c1-19(2,3)23-18(22)21-13-10-17(11-14-21)15-20-12-9-16-7-5-4-6-8-16/h7,17,20H,4-6,8-15H2,1-3H3. The molecule has 0 aromatic rings. The van der Waals surface area contributed by atoms with E-state index in [-0.39, 0.29) is 6.09 Å². The fraction of sp³-hybridized carbons (Fsp3) is 0.842. The van der Waals surface area contributed by atoms with Crippen molar-refractivity contribution in [1.29, 1.82) is 0 Å². The van der Waals surface area contributed by atoms with Crippen LogP contribution in [0.1, 0.15) is 65.7 Å². The highest BCUT2D eigenvalue weighted by atomic mass is 16.6. The predicted octanol–water partition coefficient (Wildman–Crippen LogP) is 4.11. The molecule has 0 saturated carbocycles. The van der Waals surface area contributed by atoms with E-state index in [0.29, 0.717) is 5.92 Å². The normalized spacial score (nSPS) is 20.3. The molecule has 0 aromatic heterocycles. The summed E-state index contributed by atoms with van der Waals surface area (Å²) in [4.78, 5) is 13.9. The van der Waals surface area contributed by atoms with Crippen molar-refractivity contribution < 1.29 is 9.53 Å². The fourth-order valence-electron chi connectivity index (χ4n) is 3.33. The van der Waals surface area contributed by atoms with Gasteiger partial charge in [-0.15, -0.1) is 0 Å². The van der Waals surface area contributed by atoms with Gasteiger partial charge in [-0.3, -0.25) is 0 Å². The number of hydrogen-bond acceptors (Lipinski definition) is 3. The summed E-state index contributed by atoms with van der Waals surface area (Å²) in [5.74, 6) is 0.689. The minimum Gasteiger partial charge on any atom is -0.444 e. The van der Waals surface area contributed by atoms with Crippen LogP contribution in [0.4, 0.5) is 4.79 Å². The number of allylic oxidation sites excluding steroid dienone is 1. The van der Waals surface area contributed by atoms with Crippen LogP contribution in [0.25, 0.3) is 0 Å². The minimum absolute atomic E-state index is 0.159. The first-order chi connectivity index (χ1) is 10.9. The molecule has 1 fully saturated rings. The number of nitrogens with zero attached hydrogens (tertiary/aromatic N) is 1. The molecule has 0 bridgehead atoms. The third-order valence-corrected chi connectivity index (χ3v) is 4.71. The molecule has 132 valence electrons. The molecular formula is C19H34N2O2. The van der Waals surface area contributed by atoms with Gasteiger partial charge in [0.1, 0.15) is 5.60 Å². The predicted molar refractivity (Wildman–Crippen MR) is 94.6 cm³/mol. The van der Waals surface area contributed by atoms with Crippen LogP contribution in [0, 0.1) is 5.92 Å². The van der Waals surface area contributed by atoms with E-state index in [9.17, 15) is 4.79 Å². The fourth-order valence-corrected chi connectivity index (χ4v) is 3.33. The molecule has 0 atom stereocenters. The highest BCUT2D eigenvalue weighted by Gasteiger charge is 2.26. The topological polar surface area (TPSA) is 41.6 Å². The maximum atomic E-state index is 12.0. The smallest absolute Gasteiger partial charge is 0.410 e. The highest BCUT2D eigenvalue weighted by molar-refractivity contribution is 5.68. The van der Waals surface area contributed by atoms with Crippen LogP contribution in [0.3, 0.4) is 0 Å². The van der Waals surface area contributed by atoms with Gasteiger partial charge in [0.2, 0.25) is 0 Å². The number of rotatable bonds is 5. The highest BCUT2D eigenvalue weighted by Crippen LogP contribution is 2.21. The molecule has 4 nitrogen and oxygen atoms in total. The Labute approximate surface area is 141 Å². The van der Waals surface area contributed by atoms with E-state index in [2.05, 4.69) is 11.4 Å². The number of piperidine rings is 1. The second kappa shape index (κ2) is 8.72. The lowest BCUT2D eigenvalue weighted by molar-refractivity contribution is 0.0184. The van der Waals surface area contributed by atoms with E-state index < -0.39 is 5.60 Å². The van der Waals surface area contributed by atoms with Gasteiger partial charge in [-0.05, 0) is 84.7 Å². The van der Waals surface area contributed by atoms with Crippen LogP contribution in [0.2, 0.25) is 0 Å². The summed E-state index contributed by atoms with van der Waals surface area (Å²) in [5, 5.41) is 3.61. The molecule has 1 amide bonds. The van der Waals surface area contributed by atoms with Crippen LogP contribution < -0.4 is 5.32 Å². The molecule has 0 unspecified atom stereocenters. The lowest BCUT2D eigenvalue weighted by Gasteiger charge is -2.33. The summed E-state index contributed by atoms with van der Waals surface area (Å²) in [6, 6.07) is 0. The summed E-state index contributed by atoms with van der Waals surface area (Å²) in [5.41, 5.74) is 1.24. The van der Waals surface area contributed by atoms with Crippen molar-refractivity contribution in [1.82, 2.24) is 10.2 Å². The SMILES string of the molecule is CC(C)(C)OC(=O)N1CCC(CNCCC2=CCCCC2)CC1. The molecule has 0 spiro atoms. The maximum Gasteiger partial charge on any atom is 0.410 e. The average molecular weight is 322 g/mol. The number of likely N-dealkylation sites (tertiary alicyclic amines) is 1. The monoisotopic (exact) mass is 322 g/mol. The first kappa shape index (κ1) is 18.3. The average Bonchev–Trinajstić information content (AvgIpc) is 2.51. The number of hydrogen-bond donors (Lipinski definition) is 1. The molecule has 0 radical (unpaired) electrons. The number of amides is 1. The Morgan fingerprint density at radius 2 is 2.04 bits per heavy atom. The molecule has 1 heterocycles. The van der Waals surface area contributed by atoms with Crippen LogP contribution in [0.15, 0.2) is 11.6 Å². The van der Waals surface area contributed by atoms with Gasteiger partial charge in [0.05, 0.1) is 0 Å². The van der Waals surface area contributed by atoms with Gasteiger partial charge >= 0.3 is 6.09 Å². The Hall–Kier alpha value is -1.03. The zero-order valence-electron chi connectivity index (χ0n) is 15.2. The summed E-state index contributed by atoms with van der Waals surface area (Å²) >= 11 is 0. The van der Waals surface area contributed by atoms with Gasteiger partial charge in [-0.25, -0.2) is 4.79 Å². The van der Waals surface area contributed by atoms with Gasteiger partial charge in [-0.2, -0.15) is 0 Å². The Balaban J connectivity index is 1.57. The van der Waals surface area contributed by atoms with E-state index in [0.717, 1.165) is 39.0 Å². The number of ether oxygens (including phenoxy) is 1. The van der Waals surface area contributed by atoms with Crippen molar-refractivity contribution in [3.05, 3.63) is 11.6 Å². The van der Waals surface area contributed by atoms with Crippen molar-refractivity contribution in [3.8, 4) is 0 Å². The van der Waals surface area contributed by atoms with E-state index in [4.69, 9.17) is 4.74 Å². The van der Waals surface area contributed by atoms with Crippen LogP contribution in [-0.2, 0) is 4.74 Å². The van der Waals surface area contributed by atoms with Gasteiger partial charge in [0, 0.05) is 13.1 Å². The lowest BCUT2D eigenvalue weighted by Crippen LogP contribution is -2.43. The van der Waals surface area contributed by atoms with E-state index >= 15 is 0 Å². The summed E-state index contributed by atoms with van der Waals surface area (Å²) in [6.07, 6.45) is 11.0. The second-order valence-corrected chi connectivity index (χ2v) is 7.97. The third-order valence-electron chi connectivity index (χ3n) is 4.71. The molecule has 2 aliphatic rings. The summed E-state index contributed by atoms with van der Waals surface area (Å²) in [6.45, 7) is 9.59. The molecule has 2 rings (SSSR count). The first-order valence-electron chi connectivity index (χ1n) is 9.30. The molecule has 4 heteroatoms. The van der Waals surface area contributed by atoms with Crippen LogP contribution >= 0.6 is 0 Å². The third kappa shape index (κ3) is 6.94. The van der Waals surface area contributed by atoms with Gasteiger partial charge in [-0.1, -0.05) is 11.6 Å². The quantitative estimate of drug-likeness (QED) is 0.611. The summed E-state index contributed by atoms with van der Waals surface area (Å²) in [7, 11) is 0. The molecular weight excluding hydrogens is 288 g/mol. The Morgan fingerprint density at radius 3 is 2.65 bits per heavy atom. The molecule has 23 heavy (non-hydrogen) atoms. The Kier molecular flexibility index (Phi) is 6.94. The van der Waals surface area contributed by atoms with Crippen molar-refractivity contribution in [2.24, 2.45) is 5.92 Å². The van der Waals surface area contributed by atoms with Gasteiger partial charge in [0.25, 0.3) is 0 Å². The van der Waals surface area contributed by atoms with E-state index in [1.54, 1.807) is 5.57 Å². The first-order valence-corrected chi connectivity index (χ1v) is 9.30. The van der Waals surface area contributed by atoms with Crippen LogP contribution in [0.5, 0.6) is 0 Å². The van der Waals surface area contributed by atoms with Gasteiger partial charge < -0.3 is 15.0 Å². The number of carbonyl (C=O) groups is 1. The van der Waals surface area contributed by atoms with Crippen molar-refractivity contribution in [2.75, 3.05) is 26.2 Å². The largest absolute Gasteiger partial charge is 0.444 e. The van der Waals surface area contributed by atoms with Crippen molar-refractivity contribution >= 4 is 6.09 Å². The molecule has 1 N–H and O–H groups in total. The lowest BCUT2D eigenvalue weighted by atomic mass is 9.96.